The second kappa shape index (κ2) is 7.02. The number of hydrogen-bond donors (Lipinski definition) is 2. The predicted molar refractivity (Wildman–Crippen MR) is 105 cm³/mol. The van der Waals surface area contributed by atoms with Crippen molar-refractivity contribution in [1.29, 1.82) is 0 Å². The molecule has 0 bridgehead atoms. The van der Waals surface area contributed by atoms with E-state index in [0.717, 1.165) is 44.5 Å². The van der Waals surface area contributed by atoms with Crippen molar-refractivity contribution in [3.05, 3.63) is 27.8 Å². The zero-order valence-corrected chi connectivity index (χ0v) is 16.0. The first kappa shape index (κ1) is 18.1. The van der Waals surface area contributed by atoms with Gasteiger partial charge in [0.05, 0.1) is 16.2 Å². The molecule has 1 amide bonds. The molecule has 3 fully saturated rings. The summed E-state index contributed by atoms with van der Waals surface area (Å²) in [6.07, 6.45) is 5.46. The number of rotatable bonds is 5. The molecule has 1 aromatic carbocycles. The fourth-order valence-electron chi connectivity index (χ4n) is 4.63. The van der Waals surface area contributed by atoms with Gasteiger partial charge in [0.1, 0.15) is 5.69 Å². The molecule has 7 heteroatoms. The standard InChI is InChI=1S/C20H28N4O3/c1-12-3-5-15(6-4-12)22-20(25)16-8-19(24(26)27)17(21-2)9-18(16)23-10-13-7-14(13)11-23/h8-9,12-15,21H,3-7,10-11H2,1-2H3,(H,22,25). The van der Waals surface area contributed by atoms with Crippen LogP contribution in [0.15, 0.2) is 12.1 Å². The van der Waals surface area contributed by atoms with Crippen LogP contribution >= 0.6 is 0 Å². The van der Waals surface area contributed by atoms with Gasteiger partial charge >= 0.3 is 0 Å². The molecule has 1 aliphatic heterocycles. The van der Waals surface area contributed by atoms with Crippen LogP contribution in [0, 0.1) is 27.9 Å². The van der Waals surface area contributed by atoms with E-state index < -0.39 is 4.92 Å². The van der Waals surface area contributed by atoms with Crippen molar-refractivity contribution >= 4 is 23.0 Å². The van der Waals surface area contributed by atoms with Crippen molar-refractivity contribution in [3.8, 4) is 0 Å². The third-order valence-corrected chi connectivity index (χ3v) is 6.50. The molecule has 4 rings (SSSR count). The van der Waals surface area contributed by atoms with Crippen molar-refractivity contribution in [3.63, 3.8) is 0 Å². The normalized spacial score (nSPS) is 29.2. The lowest BCUT2D eigenvalue weighted by molar-refractivity contribution is -0.383. The van der Waals surface area contributed by atoms with Crippen LogP contribution < -0.4 is 15.5 Å². The smallest absolute Gasteiger partial charge is 0.293 e. The summed E-state index contributed by atoms with van der Waals surface area (Å²) in [6.45, 7) is 4.12. The second-order valence-corrected chi connectivity index (χ2v) is 8.48. The molecule has 7 nitrogen and oxygen atoms in total. The Balaban J connectivity index is 1.62. The zero-order chi connectivity index (χ0) is 19.1. The maximum Gasteiger partial charge on any atom is 0.293 e. The number of amides is 1. The van der Waals surface area contributed by atoms with Gasteiger partial charge in [0.15, 0.2) is 0 Å². The van der Waals surface area contributed by atoms with E-state index in [0.29, 0.717) is 29.0 Å². The summed E-state index contributed by atoms with van der Waals surface area (Å²) < 4.78 is 0. The fraction of sp³-hybridized carbons (Fsp3) is 0.650. The molecule has 2 aliphatic carbocycles. The van der Waals surface area contributed by atoms with Crippen LogP contribution in [0.25, 0.3) is 0 Å². The highest BCUT2D eigenvalue weighted by Crippen LogP contribution is 2.47. The first-order chi connectivity index (χ1) is 13.0. The van der Waals surface area contributed by atoms with Crippen molar-refractivity contribution in [1.82, 2.24) is 5.32 Å². The maximum atomic E-state index is 13.1. The minimum Gasteiger partial charge on any atom is -0.383 e. The van der Waals surface area contributed by atoms with Crippen LogP contribution in [0.5, 0.6) is 0 Å². The van der Waals surface area contributed by atoms with Gasteiger partial charge in [-0.1, -0.05) is 6.92 Å². The number of anilines is 2. The van der Waals surface area contributed by atoms with E-state index in [1.54, 1.807) is 13.1 Å². The molecule has 0 spiro atoms. The SMILES string of the molecule is CNc1cc(N2CC3CC3C2)c(C(=O)NC2CCC(C)CC2)cc1[N+](=O)[O-]. The quantitative estimate of drug-likeness (QED) is 0.611. The second-order valence-electron chi connectivity index (χ2n) is 8.48. The Bertz CT molecular complexity index is 748. The van der Waals surface area contributed by atoms with Crippen molar-refractivity contribution in [2.75, 3.05) is 30.4 Å². The molecule has 2 atom stereocenters. The van der Waals surface area contributed by atoms with Gasteiger partial charge in [-0.25, -0.2) is 0 Å². The summed E-state index contributed by atoms with van der Waals surface area (Å²) in [5.74, 6) is 1.96. The molecule has 1 saturated heterocycles. The number of nitrogens with zero attached hydrogens (tertiary/aromatic N) is 2. The van der Waals surface area contributed by atoms with E-state index >= 15 is 0 Å². The Labute approximate surface area is 159 Å². The van der Waals surface area contributed by atoms with Crippen LogP contribution in [0.2, 0.25) is 0 Å². The van der Waals surface area contributed by atoms with Gasteiger partial charge in [-0.3, -0.25) is 14.9 Å². The number of piperidine rings is 1. The summed E-state index contributed by atoms with van der Waals surface area (Å²) in [5, 5.41) is 17.5. The highest BCUT2D eigenvalue weighted by Gasteiger charge is 2.46. The third kappa shape index (κ3) is 3.59. The average Bonchev–Trinajstić information content (AvgIpc) is 3.27. The summed E-state index contributed by atoms with van der Waals surface area (Å²) in [6, 6.07) is 3.39. The Morgan fingerprint density at radius 1 is 1.19 bits per heavy atom. The molecule has 146 valence electrons. The number of nitro groups is 1. The minimum atomic E-state index is -0.421. The number of hydrogen-bond acceptors (Lipinski definition) is 5. The lowest BCUT2D eigenvalue weighted by Gasteiger charge is -2.28. The van der Waals surface area contributed by atoms with E-state index in [1.165, 1.54) is 12.5 Å². The van der Waals surface area contributed by atoms with E-state index in [2.05, 4.69) is 22.5 Å². The van der Waals surface area contributed by atoms with Crippen LogP contribution in [0.3, 0.4) is 0 Å². The highest BCUT2D eigenvalue weighted by atomic mass is 16.6. The average molecular weight is 372 g/mol. The first-order valence-electron chi connectivity index (χ1n) is 10.0. The molecular formula is C20H28N4O3. The molecule has 1 heterocycles. The van der Waals surface area contributed by atoms with E-state index in [4.69, 9.17) is 0 Å². The molecule has 1 aromatic rings. The molecule has 3 aliphatic rings. The van der Waals surface area contributed by atoms with Gasteiger partial charge in [0.2, 0.25) is 0 Å². The summed E-state index contributed by atoms with van der Waals surface area (Å²) in [4.78, 5) is 26.4. The van der Waals surface area contributed by atoms with Gasteiger partial charge in [0, 0.05) is 32.2 Å². The van der Waals surface area contributed by atoms with Gasteiger partial charge < -0.3 is 15.5 Å². The van der Waals surface area contributed by atoms with Crippen LogP contribution in [0.4, 0.5) is 17.1 Å². The number of carbonyl (C=O) groups is 1. The van der Waals surface area contributed by atoms with E-state index in [9.17, 15) is 14.9 Å². The monoisotopic (exact) mass is 372 g/mol. The minimum absolute atomic E-state index is 0.0481. The Morgan fingerprint density at radius 2 is 1.85 bits per heavy atom. The molecule has 2 N–H and O–H groups in total. The molecule has 0 aromatic heterocycles. The number of nitro benzene ring substituents is 1. The van der Waals surface area contributed by atoms with Gasteiger partial charge in [-0.15, -0.1) is 0 Å². The van der Waals surface area contributed by atoms with Gasteiger partial charge in [-0.05, 0) is 55.9 Å². The van der Waals surface area contributed by atoms with Crippen molar-refractivity contribution < 1.29 is 9.72 Å². The van der Waals surface area contributed by atoms with E-state index in [-0.39, 0.29) is 17.6 Å². The van der Waals surface area contributed by atoms with Gasteiger partial charge in [0.25, 0.3) is 11.6 Å². The highest BCUT2D eigenvalue weighted by molar-refractivity contribution is 6.02. The largest absolute Gasteiger partial charge is 0.383 e. The number of benzene rings is 1. The number of fused-ring (bicyclic) bond motifs is 1. The third-order valence-electron chi connectivity index (χ3n) is 6.50. The van der Waals surface area contributed by atoms with Crippen molar-refractivity contribution in [2.45, 2.75) is 45.1 Å². The predicted octanol–water partition coefficient (Wildman–Crippen LogP) is 3.40. The summed E-state index contributed by atoms with van der Waals surface area (Å²) in [5.41, 5.74) is 1.66. The Kier molecular flexibility index (Phi) is 4.70. The lowest BCUT2D eigenvalue weighted by Crippen LogP contribution is -2.38. The molecule has 2 saturated carbocycles. The van der Waals surface area contributed by atoms with Crippen LogP contribution in [-0.2, 0) is 0 Å². The molecule has 27 heavy (non-hydrogen) atoms. The zero-order valence-electron chi connectivity index (χ0n) is 16.0. The maximum absolute atomic E-state index is 13.1. The number of nitrogens with one attached hydrogen (secondary N) is 2. The lowest BCUT2D eigenvalue weighted by atomic mass is 9.87. The topological polar surface area (TPSA) is 87.5 Å². The number of carbonyl (C=O) groups excluding carboxylic acids is 1. The van der Waals surface area contributed by atoms with Crippen LogP contribution in [0.1, 0.15) is 49.4 Å². The van der Waals surface area contributed by atoms with Gasteiger partial charge in [-0.2, -0.15) is 0 Å². The van der Waals surface area contributed by atoms with E-state index in [1.807, 2.05) is 0 Å². The van der Waals surface area contributed by atoms with Crippen molar-refractivity contribution in [2.24, 2.45) is 17.8 Å². The Hall–Kier alpha value is -2.31. The molecular weight excluding hydrogens is 344 g/mol. The Morgan fingerprint density at radius 3 is 2.44 bits per heavy atom. The van der Waals surface area contributed by atoms with Crippen LogP contribution in [-0.4, -0.2) is 37.0 Å². The molecule has 2 unspecified atom stereocenters. The fourth-order valence-corrected chi connectivity index (χ4v) is 4.63. The summed E-state index contributed by atoms with van der Waals surface area (Å²) in [7, 11) is 1.68. The summed E-state index contributed by atoms with van der Waals surface area (Å²) >= 11 is 0. The molecule has 0 radical (unpaired) electrons. The first-order valence-corrected chi connectivity index (χ1v) is 10.0.